The van der Waals surface area contributed by atoms with Crippen LogP contribution in [0.25, 0.3) is 32.3 Å². The molecule has 0 saturated carbocycles. The van der Waals surface area contributed by atoms with E-state index in [0.29, 0.717) is 11.8 Å². The quantitative estimate of drug-likeness (QED) is 0.257. The number of rotatable bonds is 2. The van der Waals surface area contributed by atoms with Crippen molar-refractivity contribution in [2.24, 2.45) is 0 Å². The predicted octanol–water partition coefficient (Wildman–Crippen LogP) is 8.92. The van der Waals surface area contributed by atoms with Gasteiger partial charge < -0.3 is 0 Å². The maximum atomic E-state index is 3.83. The summed E-state index contributed by atoms with van der Waals surface area (Å²) in [5, 5.41) is 7.77. The molecule has 0 atom stereocenters. The van der Waals surface area contributed by atoms with Gasteiger partial charge in [0, 0.05) is 8.95 Å². The van der Waals surface area contributed by atoms with Crippen molar-refractivity contribution in [3.63, 3.8) is 0 Å². The SMILES string of the molecule is CC(C)c1ccc2c(c1)c(Br)cc1c3ccc(C(C)C)cc3c(Br)cc21. The summed E-state index contributed by atoms with van der Waals surface area (Å²) in [5.74, 6) is 1.06. The van der Waals surface area contributed by atoms with Gasteiger partial charge in [-0.1, -0.05) is 83.8 Å². The van der Waals surface area contributed by atoms with E-state index in [9.17, 15) is 0 Å². The lowest BCUT2D eigenvalue weighted by Crippen LogP contribution is -1.91. The predicted molar refractivity (Wildman–Crippen MR) is 123 cm³/mol. The summed E-state index contributed by atoms with van der Waals surface area (Å²) in [6.07, 6.45) is 0. The van der Waals surface area contributed by atoms with Gasteiger partial charge in [0.15, 0.2) is 0 Å². The van der Waals surface area contributed by atoms with Gasteiger partial charge in [-0.3, -0.25) is 0 Å². The first-order chi connectivity index (χ1) is 12.4. The van der Waals surface area contributed by atoms with Crippen molar-refractivity contribution in [3.8, 4) is 0 Å². The molecular weight excluding hydrogens is 448 g/mol. The molecule has 4 aromatic rings. The first-order valence-electron chi connectivity index (χ1n) is 9.15. The Hall–Kier alpha value is -1.38. The number of benzene rings is 4. The summed E-state index contributed by atoms with van der Waals surface area (Å²) in [5.41, 5.74) is 2.75. The Morgan fingerprint density at radius 3 is 1.23 bits per heavy atom. The fraction of sp³-hybridized carbons (Fsp3) is 0.250. The van der Waals surface area contributed by atoms with E-state index >= 15 is 0 Å². The molecule has 0 aliphatic carbocycles. The highest BCUT2D eigenvalue weighted by Gasteiger charge is 2.13. The van der Waals surface area contributed by atoms with Gasteiger partial charge in [-0.15, -0.1) is 0 Å². The molecule has 0 unspecified atom stereocenters. The first-order valence-corrected chi connectivity index (χ1v) is 10.7. The number of hydrogen-bond acceptors (Lipinski definition) is 0. The number of fused-ring (bicyclic) bond motifs is 5. The van der Waals surface area contributed by atoms with E-state index in [2.05, 4.69) is 108 Å². The van der Waals surface area contributed by atoms with Gasteiger partial charge in [-0.2, -0.15) is 0 Å². The smallest absolute Gasteiger partial charge is 0.0260 e. The lowest BCUT2D eigenvalue weighted by atomic mass is 9.92. The van der Waals surface area contributed by atoms with E-state index in [1.54, 1.807) is 0 Å². The Morgan fingerprint density at radius 1 is 0.500 bits per heavy atom. The van der Waals surface area contributed by atoms with Crippen LogP contribution >= 0.6 is 31.9 Å². The van der Waals surface area contributed by atoms with Gasteiger partial charge in [-0.25, -0.2) is 0 Å². The highest BCUT2D eigenvalue weighted by atomic mass is 79.9. The average molecular weight is 470 g/mol. The zero-order valence-electron chi connectivity index (χ0n) is 15.5. The van der Waals surface area contributed by atoms with E-state index in [-0.39, 0.29) is 0 Å². The molecular formula is C24H22Br2. The van der Waals surface area contributed by atoms with Crippen molar-refractivity contribution in [2.75, 3.05) is 0 Å². The van der Waals surface area contributed by atoms with Crippen LogP contribution in [-0.2, 0) is 0 Å². The standard InChI is InChI=1S/C24H22Br2/c1-13(2)15-5-7-17-19-12-24(26)22-10-16(14(3)4)6-8-18(22)20(19)11-23(25)21(17)9-15/h5-14H,1-4H3. The minimum absolute atomic E-state index is 0.528. The molecule has 4 rings (SSSR count). The van der Waals surface area contributed by atoms with Crippen molar-refractivity contribution < 1.29 is 0 Å². The Labute approximate surface area is 171 Å². The first kappa shape index (κ1) is 18.0. The lowest BCUT2D eigenvalue weighted by Gasteiger charge is -2.15. The summed E-state index contributed by atoms with van der Waals surface area (Å²) in [7, 11) is 0. The van der Waals surface area contributed by atoms with E-state index in [1.165, 1.54) is 52.4 Å². The fourth-order valence-electron chi connectivity index (χ4n) is 3.72. The number of halogens is 2. The molecule has 0 aliphatic heterocycles. The zero-order chi connectivity index (χ0) is 18.6. The molecule has 0 spiro atoms. The Bertz CT molecular complexity index is 1060. The number of hydrogen-bond donors (Lipinski definition) is 0. The van der Waals surface area contributed by atoms with E-state index < -0.39 is 0 Å². The third-order valence-corrected chi connectivity index (χ3v) is 6.66. The third kappa shape index (κ3) is 2.88. The second-order valence-electron chi connectivity index (χ2n) is 7.73. The molecule has 0 aromatic heterocycles. The van der Waals surface area contributed by atoms with Gasteiger partial charge in [0.25, 0.3) is 0 Å². The summed E-state index contributed by atoms with van der Waals surface area (Å²) >= 11 is 7.66. The Morgan fingerprint density at radius 2 is 0.885 bits per heavy atom. The fourth-order valence-corrected chi connectivity index (χ4v) is 4.83. The molecule has 0 saturated heterocycles. The van der Waals surface area contributed by atoms with Crippen LogP contribution in [0.1, 0.15) is 50.7 Å². The molecule has 0 aliphatic rings. The summed E-state index contributed by atoms with van der Waals surface area (Å²) in [4.78, 5) is 0. The molecule has 4 aromatic carbocycles. The maximum Gasteiger partial charge on any atom is 0.0260 e. The highest BCUT2D eigenvalue weighted by Crippen LogP contribution is 2.40. The van der Waals surface area contributed by atoms with Gasteiger partial charge in [0.05, 0.1) is 0 Å². The van der Waals surface area contributed by atoms with Crippen LogP contribution in [0.3, 0.4) is 0 Å². The molecule has 0 fully saturated rings. The van der Waals surface area contributed by atoms with Crippen LogP contribution in [0.4, 0.5) is 0 Å². The summed E-state index contributed by atoms with van der Waals surface area (Å²) in [6, 6.07) is 18.3. The molecule has 0 bridgehead atoms. The van der Waals surface area contributed by atoms with Crippen LogP contribution in [0.5, 0.6) is 0 Å². The largest absolute Gasteiger partial charge is 0.0587 e. The zero-order valence-corrected chi connectivity index (χ0v) is 18.7. The van der Waals surface area contributed by atoms with Crippen molar-refractivity contribution in [3.05, 3.63) is 68.6 Å². The molecule has 26 heavy (non-hydrogen) atoms. The van der Waals surface area contributed by atoms with Crippen molar-refractivity contribution in [1.82, 2.24) is 0 Å². The molecule has 0 heterocycles. The normalized spacial score (nSPS) is 12.2. The molecule has 132 valence electrons. The maximum absolute atomic E-state index is 3.83. The second kappa shape index (κ2) is 6.65. The van der Waals surface area contributed by atoms with E-state index in [0.717, 1.165) is 0 Å². The van der Waals surface area contributed by atoms with Gasteiger partial charge in [0.1, 0.15) is 0 Å². The molecule has 0 N–H and O–H groups in total. The van der Waals surface area contributed by atoms with Crippen LogP contribution < -0.4 is 0 Å². The van der Waals surface area contributed by atoms with Crippen molar-refractivity contribution >= 4 is 64.2 Å². The summed E-state index contributed by atoms with van der Waals surface area (Å²) in [6.45, 7) is 8.97. The van der Waals surface area contributed by atoms with Crippen LogP contribution in [0, 0.1) is 0 Å². The minimum Gasteiger partial charge on any atom is -0.0587 e. The van der Waals surface area contributed by atoms with E-state index in [1.807, 2.05) is 0 Å². The summed E-state index contributed by atoms with van der Waals surface area (Å²) < 4.78 is 2.33. The van der Waals surface area contributed by atoms with Crippen LogP contribution in [0.15, 0.2) is 57.5 Å². The minimum atomic E-state index is 0.528. The van der Waals surface area contributed by atoms with Gasteiger partial charge in [-0.05, 0) is 79.5 Å². The second-order valence-corrected chi connectivity index (χ2v) is 9.44. The monoisotopic (exact) mass is 468 g/mol. The Kier molecular flexibility index (Phi) is 4.61. The average Bonchev–Trinajstić information content (AvgIpc) is 2.62. The molecule has 0 amide bonds. The Balaban J connectivity index is 2.12. The van der Waals surface area contributed by atoms with Gasteiger partial charge >= 0.3 is 0 Å². The molecule has 0 radical (unpaired) electrons. The van der Waals surface area contributed by atoms with Crippen molar-refractivity contribution in [2.45, 2.75) is 39.5 Å². The van der Waals surface area contributed by atoms with Gasteiger partial charge in [0.2, 0.25) is 0 Å². The van der Waals surface area contributed by atoms with Crippen LogP contribution in [0.2, 0.25) is 0 Å². The lowest BCUT2D eigenvalue weighted by molar-refractivity contribution is 0.868. The highest BCUT2D eigenvalue weighted by molar-refractivity contribution is 9.11. The molecule has 2 heteroatoms. The van der Waals surface area contributed by atoms with Crippen molar-refractivity contribution in [1.29, 1.82) is 0 Å². The van der Waals surface area contributed by atoms with Crippen LogP contribution in [-0.4, -0.2) is 0 Å². The third-order valence-electron chi connectivity index (χ3n) is 5.35. The molecule has 0 nitrogen and oxygen atoms in total. The van der Waals surface area contributed by atoms with E-state index in [4.69, 9.17) is 0 Å². The topological polar surface area (TPSA) is 0 Å².